The Balaban J connectivity index is 2.40. The molecule has 1 atom stereocenters. The molecular formula is C14H18N2S. The van der Waals surface area contributed by atoms with Crippen molar-refractivity contribution in [1.82, 2.24) is 5.43 Å². The second kappa shape index (κ2) is 5.45. The van der Waals surface area contributed by atoms with Crippen molar-refractivity contribution >= 4 is 11.3 Å². The Labute approximate surface area is 106 Å². The zero-order valence-corrected chi connectivity index (χ0v) is 11.1. The average Bonchev–Trinajstić information content (AvgIpc) is 2.78. The zero-order valence-electron chi connectivity index (χ0n) is 10.2. The Morgan fingerprint density at radius 1 is 1.35 bits per heavy atom. The predicted molar refractivity (Wildman–Crippen MR) is 74.0 cm³/mol. The molecule has 0 radical (unpaired) electrons. The summed E-state index contributed by atoms with van der Waals surface area (Å²) in [5, 5.41) is 2.13. The van der Waals surface area contributed by atoms with Crippen molar-refractivity contribution in [3.8, 4) is 0 Å². The van der Waals surface area contributed by atoms with E-state index in [1.165, 1.54) is 21.6 Å². The van der Waals surface area contributed by atoms with Gasteiger partial charge in [-0.05, 0) is 35.9 Å². The van der Waals surface area contributed by atoms with Gasteiger partial charge in [0.05, 0.1) is 6.04 Å². The predicted octanol–water partition coefficient (Wildman–Crippen LogP) is 3.17. The summed E-state index contributed by atoms with van der Waals surface area (Å²) in [6.07, 6.45) is 1.04. The van der Waals surface area contributed by atoms with Crippen LogP contribution in [0.4, 0.5) is 0 Å². The summed E-state index contributed by atoms with van der Waals surface area (Å²) in [5.74, 6) is 5.73. The summed E-state index contributed by atoms with van der Waals surface area (Å²) in [6.45, 7) is 4.28. The van der Waals surface area contributed by atoms with Crippen molar-refractivity contribution in [2.45, 2.75) is 26.3 Å². The van der Waals surface area contributed by atoms with Gasteiger partial charge in [0.2, 0.25) is 0 Å². The fourth-order valence-electron chi connectivity index (χ4n) is 2.07. The quantitative estimate of drug-likeness (QED) is 0.642. The molecule has 90 valence electrons. The zero-order chi connectivity index (χ0) is 12.3. The van der Waals surface area contributed by atoms with Gasteiger partial charge in [0, 0.05) is 4.88 Å². The minimum Gasteiger partial charge on any atom is -0.271 e. The van der Waals surface area contributed by atoms with Crippen LogP contribution in [0.2, 0.25) is 0 Å². The number of rotatable bonds is 4. The number of nitrogens with two attached hydrogens (primary N) is 1. The molecule has 17 heavy (non-hydrogen) atoms. The molecule has 0 saturated carbocycles. The summed E-state index contributed by atoms with van der Waals surface area (Å²) < 4.78 is 0. The maximum atomic E-state index is 5.73. The Hall–Kier alpha value is -1.16. The molecule has 0 bridgehead atoms. The normalized spacial score (nSPS) is 12.6. The molecule has 0 aliphatic heterocycles. The van der Waals surface area contributed by atoms with Crippen LogP contribution in [-0.4, -0.2) is 0 Å². The van der Waals surface area contributed by atoms with E-state index >= 15 is 0 Å². The van der Waals surface area contributed by atoms with Crippen LogP contribution in [0.15, 0.2) is 35.7 Å². The molecule has 3 N–H and O–H groups in total. The van der Waals surface area contributed by atoms with Crippen molar-refractivity contribution in [1.29, 1.82) is 0 Å². The van der Waals surface area contributed by atoms with Gasteiger partial charge in [-0.15, -0.1) is 11.3 Å². The van der Waals surface area contributed by atoms with Gasteiger partial charge < -0.3 is 0 Å². The molecule has 0 aliphatic rings. The monoisotopic (exact) mass is 246 g/mol. The van der Waals surface area contributed by atoms with Crippen LogP contribution >= 0.6 is 11.3 Å². The molecular weight excluding hydrogens is 228 g/mol. The summed E-state index contributed by atoms with van der Waals surface area (Å²) in [4.78, 5) is 1.32. The largest absolute Gasteiger partial charge is 0.271 e. The van der Waals surface area contributed by atoms with Crippen LogP contribution < -0.4 is 11.3 Å². The molecule has 2 nitrogen and oxygen atoms in total. The van der Waals surface area contributed by atoms with Crippen molar-refractivity contribution in [3.05, 3.63) is 57.3 Å². The minimum absolute atomic E-state index is 0.102. The number of hydrogen-bond donors (Lipinski definition) is 2. The number of thiophene rings is 1. The lowest BCUT2D eigenvalue weighted by molar-refractivity contribution is 0.641. The van der Waals surface area contributed by atoms with Crippen molar-refractivity contribution in [2.75, 3.05) is 0 Å². The number of hydrazine groups is 1. The third-order valence-corrected chi connectivity index (χ3v) is 3.99. The van der Waals surface area contributed by atoms with Gasteiger partial charge in [-0.2, -0.15) is 0 Å². The van der Waals surface area contributed by atoms with Crippen LogP contribution in [0.25, 0.3) is 0 Å². The highest BCUT2D eigenvalue weighted by Gasteiger charge is 2.16. The maximum Gasteiger partial charge on any atom is 0.0805 e. The Kier molecular flexibility index (Phi) is 3.94. The molecule has 0 aliphatic carbocycles. The second-order valence-corrected chi connectivity index (χ2v) is 5.13. The van der Waals surface area contributed by atoms with Crippen LogP contribution in [0.1, 0.15) is 34.5 Å². The van der Waals surface area contributed by atoms with Crippen LogP contribution in [-0.2, 0) is 6.42 Å². The Morgan fingerprint density at radius 3 is 2.82 bits per heavy atom. The highest BCUT2D eigenvalue weighted by molar-refractivity contribution is 7.10. The third kappa shape index (κ3) is 2.57. The minimum atomic E-state index is 0.102. The van der Waals surface area contributed by atoms with Crippen LogP contribution in [0, 0.1) is 6.92 Å². The first kappa shape index (κ1) is 12.3. The smallest absolute Gasteiger partial charge is 0.0805 e. The van der Waals surface area contributed by atoms with Gasteiger partial charge in [-0.3, -0.25) is 5.84 Å². The van der Waals surface area contributed by atoms with E-state index in [0.29, 0.717) is 0 Å². The molecule has 1 unspecified atom stereocenters. The number of hydrogen-bond acceptors (Lipinski definition) is 3. The third-order valence-electron chi connectivity index (χ3n) is 2.97. The van der Waals surface area contributed by atoms with Crippen LogP contribution in [0.5, 0.6) is 0 Å². The Morgan fingerprint density at radius 2 is 2.18 bits per heavy atom. The first-order valence-corrected chi connectivity index (χ1v) is 6.73. The summed E-state index contributed by atoms with van der Waals surface area (Å²) in [5.41, 5.74) is 6.80. The van der Waals surface area contributed by atoms with Gasteiger partial charge in [0.15, 0.2) is 0 Å². The maximum absolute atomic E-state index is 5.73. The molecule has 1 aromatic carbocycles. The SMILES string of the molecule is CCc1ccsc1C(NN)c1cccc(C)c1. The number of benzene rings is 1. The molecule has 0 fully saturated rings. The number of aryl methyl sites for hydroxylation is 2. The lowest BCUT2D eigenvalue weighted by atomic mass is 10.0. The fraction of sp³-hybridized carbons (Fsp3) is 0.286. The van der Waals surface area contributed by atoms with E-state index in [4.69, 9.17) is 5.84 Å². The first-order valence-electron chi connectivity index (χ1n) is 5.85. The summed E-state index contributed by atoms with van der Waals surface area (Å²) in [6, 6.07) is 10.8. The second-order valence-electron chi connectivity index (χ2n) is 4.18. The molecule has 2 aromatic rings. The van der Waals surface area contributed by atoms with E-state index in [-0.39, 0.29) is 6.04 Å². The molecule has 0 amide bonds. The highest BCUT2D eigenvalue weighted by Crippen LogP contribution is 2.29. The molecule has 1 heterocycles. The topological polar surface area (TPSA) is 38.0 Å². The number of nitrogens with one attached hydrogen (secondary N) is 1. The van der Waals surface area contributed by atoms with Crippen molar-refractivity contribution in [3.63, 3.8) is 0 Å². The van der Waals surface area contributed by atoms with E-state index in [2.05, 4.69) is 55.0 Å². The summed E-state index contributed by atoms with van der Waals surface area (Å²) >= 11 is 1.77. The lowest BCUT2D eigenvalue weighted by Crippen LogP contribution is -2.28. The standard InChI is InChI=1S/C14H18N2S/c1-3-11-7-8-17-14(11)13(16-15)12-6-4-5-10(2)9-12/h4-9,13,16H,3,15H2,1-2H3. The Bertz CT molecular complexity index is 490. The van der Waals surface area contributed by atoms with Crippen molar-refractivity contribution in [2.24, 2.45) is 5.84 Å². The average molecular weight is 246 g/mol. The van der Waals surface area contributed by atoms with Crippen molar-refractivity contribution < 1.29 is 0 Å². The van der Waals surface area contributed by atoms with Gasteiger partial charge in [0.25, 0.3) is 0 Å². The molecule has 2 rings (SSSR count). The fourth-order valence-corrected chi connectivity index (χ4v) is 3.15. The van der Waals surface area contributed by atoms with Gasteiger partial charge in [0.1, 0.15) is 0 Å². The van der Waals surface area contributed by atoms with E-state index in [1.807, 2.05) is 0 Å². The van der Waals surface area contributed by atoms with Gasteiger partial charge >= 0.3 is 0 Å². The molecule has 0 spiro atoms. The van der Waals surface area contributed by atoms with E-state index in [9.17, 15) is 0 Å². The molecule has 1 aromatic heterocycles. The van der Waals surface area contributed by atoms with E-state index < -0.39 is 0 Å². The van der Waals surface area contributed by atoms with E-state index in [0.717, 1.165) is 6.42 Å². The van der Waals surface area contributed by atoms with Crippen LogP contribution in [0.3, 0.4) is 0 Å². The summed E-state index contributed by atoms with van der Waals surface area (Å²) in [7, 11) is 0. The molecule has 0 saturated heterocycles. The highest BCUT2D eigenvalue weighted by atomic mass is 32.1. The first-order chi connectivity index (χ1) is 8.26. The molecule has 3 heteroatoms. The van der Waals surface area contributed by atoms with Gasteiger partial charge in [-0.25, -0.2) is 5.43 Å². The van der Waals surface area contributed by atoms with Gasteiger partial charge in [-0.1, -0.05) is 36.8 Å². The lowest BCUT2D eigenvalue weighted by Gasteiger charge is -2.17. The van der Waals surface area contributed by atoms with E-state index in [1.54, 1.807) is 11.3 Å².